The summed E-state index contributed by atoms with van der Waals surface area (Å²) in [4.78, 5) is 46.0. The molecule has 1 aromatic rings. The number of hydrogen-bond acceptors (Lipinski definition) is 7. The summed E-state index contributed by atoms with van der Waals surface area (Å²) >= 11 is 0. The molecule has 1 fully saturated rings. The molecule has 12 heteroatoms. The lowest BCUT2D eigenvalue weighted by molar-refractivity contribution is -0.140. The number of hydrogen-bond donors (Lipinski definition) is 2. The van der Waals surface area contributed by atoms with Crippen LogP contribution in [0.5, 0.6) is 0 Å². The third kappa shape index (κ3) is 9.89. The number of aliphatic carboxylic acids is 1. The Hall–Kier alpha value is -2.81. The minimum absolute atomic E-state index is 0.0258. The van der Waals surface area contributed by atoms with Gasteiger partial charge in [0.2, 0.25) is 5.91 Å². The SMILES string of the molecule is CC(C)(C)OC(=O)NC1=Nc2cc(C3(C(=O)O)CC3)ccc2C=C(C(=O)N(CCO[Si](C)(C)C(C)(C)C)CCO[Si](C)(C)C(C)(C)C)C1. The van der Waals surface area contributed by atoms with Gasteiger partial charge >= 0.3 is 12.1 Å². The first-order chi connectivity index (χ1) is 21.8. The minimum Gasteiger partial charge on any atom is -0.481 e. The van der Waals surface area contributed by atoms with Gasteiger partial charge in [-0.1, -0.05) is 53.7 Å². The quantitative estimate of drug-likeness (QED) is 0.224. The highest BCUT2D eigenvalue weighted by Gasteiger charge is 2.52. The van der Waals surface area contributed by atoms with Crippen molar-refractivity contribution in [2.75, 3.05) is 26.3 Å². The summed E-state index contributed by atoms with van der Waals surface area (Å²) in [5.41, 5.74) is 0.588. The molecule has 0 aromatic heterocycles. The Morgan fingerprint density at radius 2 is 1.42 bits per heavy atom. The van der Waals surface area contributed by atoms with E-state index in [0.717, 1.165) is 0 Å². The summed E-state index contributed by atoms with van der Waals surface area (Å²) in [6, 6.07) is 5.37. The fourth-order valence-corrected chi connectivity index (χ4v) is 6.89. The molecule has 0 spiro atoms. The highest BCUT2D eigenvalue weighted by molar-refractivity contribution is 6.74. The van der Waals surface area contributed by atoms with Crippen LogP contribution in [0.1, 0.15) is 92.7 Å². The number of carbonyl (C=O) groups excluding carboxylic acids is 2. The molecule has 2 amide bonds. The molecule has 2 aliphatic rings. The van der Waals surface area contributed by atoms with E-state index < -0.39 is 39.7 Å². The van der Waals surface area contributed by atoms with Crippen molar-refractivity contribution in [3.05, 3.63) is 34.9 Å². The van der Waals surface area contributed by atoms with Gasteiger partial charge in [-0.3, -0.25) is 14.9 Å². The Kier molecular flexibility index (Phi) is 11.7. The zero-order valence-corrected chi connectivity index (χ0v) is 33.6. The number of alkyl carbamates (subject to hydrolysis) is 1. The smallest absolute Gasteiger partial charge is 0.413 e. The number of carbonyl (C=O) groups is 3. The van der Waals surface area contributed by atoms with Crippen molar-refractivity contribution in [2.45, 2.75) is 129 Å². The van der Waals surface area contributed by atoms with Crippen LogP contribution < -0.4 is 5.32 Å². The molecule has 48 heavy (non-hydrogen) atoms. The minimum atomic E-state index is -2.06. The molecule has 2 N–H and O–H groups in total. The van der Waals surface area contributed by atoms with E-state index in [1.165, 1.54) is 0 Å². The maximum absolute atomic E-state index is 14.4. The molecule has 0 saturated heterocycles. The van der Waals surface area contributed by atoms with E-state index in [4.69, 9.17) is 18.6 Å². The number of rotatable bonds is 11. The van der Waals surface area contributed by atoms with Gasteiger partial charge in [0.1, 0.15) is 11.4 Å². The molecule has 3 rings (SSSR count). The molecule has 1 saturated carbocycles. The van der Waals surface area contributed by atoms with Gasteiger partial charge in [-0.2, -0.15) is 0 Å². The van der Waals surface area contributed by atoms with Crippen molar-refractivity contribution in [3.8, 4) is 0 Å². The van der Waals surface area contributed by atoms with E-state index in [1.54, 1.807) is 43.9 Å². The molecule has 0 atom stereocenters. The highest BCUT2D eigenvalue weighted by Crippen LogP contribution is 2.49. The Morgan fingerprint density at radius 1 is 0.896 bits per heavy atom. The first kappa shape index (κ1) is 39.6. The first-order valence-corrected chi connectivity index (χ1v) is 22.8. The number of fused-ring (bicyclic) bond motifs is 1. The predicted octanol–water partition coefficient (Wildman–Crippen LogP) is 8.02. The first-order valence-electron chi connectivity index (χ1n) is 17.0. The van der Waals surface area contributed by atoms with Crippen LogP contribution in [0.25, 0.3) is 6.08 Å². The van der Waals surface area contributed by atoms with Gasteiger partial charge in [-0.15, -0.1) is 0 Å². The zero-order chi connectivity index (χ0) is 36.5. The van der Waals surface area contributed by atoms with Crippen LogP contribution in [0.2, 0.25) is 36.3 Å². The maximum atomic E-state index is 14.4. The van der Waals surface area contributed by atoms with Crippen molar-refractivity contribution in [1.29, 1.82) is 0 Å². The Morgan fingerprint density at radius 3 is 1.85 bits per heavy atom. The second kappa shape index (κ2) is 14.2. The zero-order valence-electron chi connectivity index (χ0n) is 31.6. The van der Waals surface area contributed by atoms with Gasteiger partial charge in [0.25, 0.3) is 0 Å². The van der Waals surface area contributed by atoms with Gasteiger partial charge in [0.05, 0.1) is 24.3 Å². The van der Waals surface area contributed by atoms with Crippen LogP contribution in [0.4, 0.5) is 10.5 Å². The fraction of sp³-hybridized carbons (Fsp3) is 0.667. The van der Waals surface area contributed by atoms with Crippen LogP contribution in [0.3, 0.4) is 0 Å². The summed E-state index contributed by atoms with van der Waals surface area (Å²) in [6.07, 6.45) is 2.27. The van der Waals surface area contributed by atoms with Crippen molar-refractivity contribution >= 4 is 52.2 Å². The molecular formula is C36H59N3O7Si2. The average molecular weight is 702 g/mol. The van der Waals surface area contributed by atoms with Crippen LogP contribution in [-0.2, 0) is 28.6 Å². The number of aliphatic imine (C=N–C) groups is 1. The number of benzene rings is 1. The third-order valence-electron chi connectivity index (χ3n) is 10.2. The Bertz CT molecular complexity index is 1410. The van der Waals surface area contributed by atoms with Gasteiger partial charge in [-0.05, 0) is 87.6 Å². The second-order valence-corrected chi connectivity index (χ2v) is 26.8. The monoisotopic (exact) mass is 701 g/mol. The highest BCUT2D eigenvalue weighted by atomic mass is 28.4. The van der Waals surface area contributed by atoms with E-state index >= 15 is 0 Å². The van der Waals surface area contributed by atoms with E-state index in [0.29, 0.717) is 61.5 Å². The number of nitrogens with one attached hydrogen (secondary N) is 1. The molecule has 268 valence electrons. The Labute approximate surface area is 290 Å². The Balaban J connectivity index is 1.98. The third-order valence-corrected chi connectivity index (χ3v) is 19.2. The van der Waals surface area contributed by atoms with Gasteiger partial charge in [0.15, 0.2) is 16.6 Å². The molecule has 1 heterocycles. The fourth-order valence-electron chi connectivity index (χ4n) is 4.82. The van der Waals surface area contributed by atoms with Crippen LogP contribution >= 0.6 is 0 Å². The summed E-state index contributed by atoms with van der Waals surface area (Å²) in [7, 11) is -4.12. The molecule has 0 bridgehead atoms. The number of amides is 2. The number of carboxylic acid groups (broad SMARTS) is 1. The summed E-state index contributed by atoms with van der Waals surface area (Å²) < 4.78 is 18.5. The summed E-state index contributed by atoms with van der Waals surface area (Å²) in [5, 5.41) is 12.7. The van der Waals surface area contributed by atoms with Gasteiger partial charge < -0.3 is 23.6 Å². The summed E-state index contributed by atoms with van der Waals surface area (Å²) in [5.74, 6) is -0.823. The normalized spacial score (nSPS) is 16.6. The maximum Gasteiger partial charge on any atom is 0.413 e. The molecule has 0 unspecified atom stereocenters. The van der Waals surface area contributed by atoms with E-state index in [1.807, 2.05) is 6.07 Å². The molecule has 0 radical (unpaired) electrons. The van der Waals surface area contributed by atoms with Gasteiger partial charge in [0, 0.05) is 30.6 Å². The van der Waals surface area contributed by atoms with E-state index in [-0.39, 0.29) is 28.2 Å². The molecular weight excluding hydrogens is 643 g/mol. The van der Waals surface area contributed by atoms with Crippen molar-refractivity contribution < 1.29 is 33.1 Å². The van der Waals surface area contributed by atoms with E-state index in [2.05, 4.69) is 73.0 Å². The number of carboxylic acids is 1. The average Bonchev–Trinajstić information content (AvgIpc) is 3.73. The standard InChI is InChI=1S/C36H59N3O7Si2/c1-33(2,3)46-32(43)38-29-23-26(22-25-14-15-27(24-28(25)37-29)36(16-17-36)31(41)42)30(40)39(18-20-44-47(10,11)34(4,5)6)19-21-45-48(12,13)35(7,8)9/h14-15,22,24H,16-21,23H2,1-13H3,(H,41,42)(H,37,38,43). The molecule has 1 aliphatic heterocycles. The summed E-state index contributed by atoms with van der Waals surface area (Å²) in [6.45, 7) is 28.8. The lowest BCUT2D eigenvalue weighted by Crippen LogP contribution is -2.46. The van der Waals surface area contributed by atoms with Crippen LogP contribution in [0.15, 0.2) is 28.8 Å². The van der Waals surface area contributed by atoms with E-state index in [9.17, 15) is 19.5 Å². The number of amidine groups is 1. The molecule has 1 aromatic carbocycles. The van der Waals surface area contributed by atoms with Crippen LogP contribution in [-0.4, -0.2) is 82.4 Å². The molecule has 10 nitrogen and oxygen atoms in total. The van der Waals surface area contributed by atoms with Crippen molar-refractivity contribution in [1.82, 2.24) is 10.2 Å². The van der Waals surface area contributed by atoms with Crippen LogP contribution in [0, 0.1) is 0 Å². The second-order valence-electron chi connectivity index (χ2n) is 17.2. The number of nitrogens with zero attached hydrogens (tertiary/aromatic N) is 2. The van der Waals surface area contributed by atoms with Crippen molar-refractivity contribution in [3.63, 3.8) is 0 Å². The molecule has 1 aliphatic carbocycles. The van der Waals surface area contributed by atoms with Crippen molar-refractivity contribution in [2.24, 2.45) is 4.99 Å². The topological polar surface area (TPSA) is 127 Å². The largest absolute Gasteiger partial charge is 0.481 e. The van der Waals surface area contributed by atoms with Gasteiger partial charge in [-0.25, -0.2) is 9.79 Å². The predicted molar refractivity (Wildman–Crippen MR) is 197 cm³/mol. The number of ether oxygens (including phenoxy) is 1. The lowest BCUT2D eigenvalue weighted by Gasteiger charge is -2.38. The lowest BCUT2D eigenvalue weighted by atomic mass is 9.94.